The van der Waals surface area contributed by atoms with Crippen LogP contribution in [0.2, 0.25) is 0 Å². The molecule has 0 spiro atoms. The van der Waals surface area contributed by atoms with Crippen LogP contribution in [0.1, 0.15) is 16.4 Å². The van der Waals surface area contributed by atoms with Gasteiger partial charge < -0.3 is 0 Å². The summed E-state index contributed by atoms with van der Waals surface area (Å²) < 4.78 is 1.05. The maximum absolute atomic E-state index is 9.19. The van der Waals surface area contributed by atoms with Crippen molar-refractivity contribution in [3.8, 4) is 6.07 Å². The van der Waals surface area contributed by atoms with Crippen LogP contribution in [-0.2, 0) is 6.42 Å². The van der Waals surface area contributed by atoms with Crippen LogP contribution < -0.4 is 0 Å². The molecule has 0 radical (unpaired) electrons. The van der Waals surface area contributed by atoms with E-state index >= 15 is 0 Å². The lowest BCUT2D eigenvalue weighted by Crippen LogP contribution is -1.98. The predicted octanol–water partition coefficient (Wildman–Crippen LogP) is 4.36. The van der Waals surface area contributed by atoms with Crippen LogP contribution in [0.3, 0.4) is 0 Å². The second-order valence-electron chi connectivity index (χ2n) is 3.52. The summed E-state index contributed by atoms with van der Waals surface area (Å²) >= 11 is 5.10. The SMILES string of the molecule is N#CC(Cc1cccs1)c1ccc(Br)cc1. The smallest absolute Gasteiger partial charge is 0.0760 e. The zero-order valence-corrected chi connectivity index (χ0v) is 11.0. The Morgan fingerprint density at radius 3 is 2.56 bits per heavy atom. The minimum Gasteiger partial charge on any atom is -0.198 e. The van der Waals surface area contributed by atoms with Crippen molar-refractivity contribution in [1.82, 2.24) is 0 Å². The van der Waals surface area contributed by atoms with E-state index < -0.39 is 0 Å². The third-order valence-corrected chi connectivity index (χ3v) is 3.84. The lowest BCUT2D eigenvalue weighted by atomic mass is 9.97. The van der Waals surface area contributed by atoms with Gasteiger partial charge in [-0.2, -0.15) is 5.26 Å². The van der Waals surface area contributed by atoms with Gasteiger partial charge in [0.15, 0.2) is 0 Å². The molecule has 0 aliphatic heterocycles. The summed E-state index contributed by atoms with van der Waals surface area (Å²) in [6.07, 6.45) is 0.801. The van der Waals surface area contributed by atoms with E-state index in [4.69, 9.17) is 0 Å². The normalized spacial score (nSPS) is 12.0. The fraction of sp³-hybridized carbons (Fsp3) is 0.154. The molecule has 0 N–H and O–H groups in total. The maximum Gasteiger partial charge on any atom is 0.0760 e. The summed E-state index contributed by atoms with van der Waals surface area (Å²) in [7, 11) is 0. The van der Waals surface area contributed by atoms with Crippen LogP contribution in [0, 0.1) is 11.3 Å². The maximum atomic E-state index is 9.19. The largest absolute Gasteiger partial charge is 0.198 e. The topological polar surface area (TPSA) is 23.8 Å². The number of nitrogens with zero attached hydrogens (tertiary/aromatic N) is 1. The average molecular weight is 292 g/mol. The van der Waals surface area contributed by atoms with Crippen LogP contribution >= 0.6 is 27.3 Å². The van der Waals surface area contributed by atoms with Gasteiger partial charge in [0.25, 0.3) is 0 Å². The molecule has 1 unspecified atom stereocenters. The van der Waals surface area contributed by atoms with Crippen LogP contribution in [0.25, 0.3) is 0 Å². The van der Waals surface area contributed by atoms with Gasteiger partial charge in [-0.1, -0.05) is 34.1 Å². The molecular weight excluding hydrogens is 282 g/mol. The Morgan fingerprint density at radius 2 is 2.00 bits per heavy atom. The van der Waals surface area contributed by atoms with E-state index in [1.54, 1.807) is 11.3 Å². The van der Waals surface area contributed by atoms with Crippen LogP contribution in [0.15, 0.2) is 46.3 Å². The van der Waals surface area contributed by atoms with Gasteiger partial charge in [-0.05, 0) is 29.1 Å². The number of rotatable bonds is 3. The van der Waals surface area contributed by atoms with Crippen molar-refractivity contribution in [2.45, 2.75) is 12.3 Å². The van der Waals surface area contributed by atoms with Gasteiger partial charge in [0.1, 0.15) is 0 Å². The highest BCUT2D eigenvalue weighted by atomic mass is 79.9. The molecule has 0 aliphatic carbocycles. The molecule has 1 atom stereocenters. The second-order valence-corrected chi connectivity index (χ2v) is 5.46. The molecule has 0 bridgehead atoms. The molecule has 0 aliphatic rings. The fourth-order valence-corrected chi connectivity index (χ4v) is 2.58. The molecule has 80 valence electrons. The zero-order chi connectivity index (χ0) is 11.4. The number of hydrogen-bond acceptors (Lipinski definition) is 2. The minimum absolute atomic E-state index is 0.0493. The minimum atomic E-state index is -0.0493. The lowest BCUT2D eigenvalue weighted by molar-refractivity contribution is 0.862. The number of hydrogen-bond donors (Lipinski definition) is 0. The van der Waals surface area contributed by atoms with Crippen molar-refractivity contribution in [3.63, 3.8) is 0 Å². The fourth-order valence-electron chi connectivity index (χ4n) is 1.56. The predicted molar refractivity (Wildman–Crippen MR) is 70.5 cm³/mol. The van der Waals surface area contributed by atoms with Gasteiger partial charge in [-0.25, -0.2) is 0 Å². The van der Waals surface area contributed by atoms with Gasteiger partial charge in [0.2, 0.25) is 0 Å². The van der Waals surface area contributed by atoms with Crippen molar-refractivity contribution in [2.75, 3.05) is 0 Å². The Kier molecular flexibility index (Phi) is 3.76. The highest BCUT2D eigenvalue weighted by molar-refractivity contribution is 9.10. The summed E-state index contributed by atoms with van der Waals surface area (Å²) in [5.41, 5.74) is 1.08. The van der Waals surface area contributed by atoms with Crippen molar-refractivity contribution in [2.24, 2.45) is 0 Å². The number of thiophene rings is 1. The molecule has 0 fully saturated rings. The summed E-state index contributed by atoms with van der Waals surface area (Å²) in [5, 5.41) is 11.2. The van der Waals surface area contributed by atoms with E-state index in [1.807, 2.05) is 35.7 Å². The Bertz CT molecular complexity index is 482. The molecule has 0 amide bonds. The first kappa shape index (κ1) is 11.4. The molecule has 1 nitrogen and oxygen atoms in total. The van der Waals surface area contributed by atoms with Gasteiger partial charge in [-0.3, -0.25) is 0 Å². The van der Waals surface area contributed by atoms with E-state index in [-0.39, 0.29) is 5.92 Å². The highest BCUT2D eigenvalue weighted by Gasteiger charge is 2.11. The van der Waals surface area contributed by atoms with E-state index in [0.29, 0.717) is 0 Å². The zero-order valence-electron chi connectivity index (χ0n) is 8.56. The standard InChI is InChI=1S/C13H10BrNS/c14-12-5-3-10(4-6-12)11(9-15)8-13-2-1-7-16-13/h1-7,11H,8H2. The number of halogens is 1. The molecule has 1 aromatic heterocycles. The molecule has 16 heavy (non-hydrogen) atoms. The molecule has 2 rings (SSSR count). The van der Waals surface area contributed by atoms with Crippen LogP contribution in [0.5, 0.6) is 0 Å². The van der Waals surface area contributed by atoms with Gasteiger partial charge in [0, 0.05) is 15.8 Å². The first-order valence-corrected chi connectivity index (χ1v) is 6.64. The monoisotopic (exact) mass is 291 g/mol. The third-order valence-electron chi connectivity index (χ3n) is 2.41. The van der Waals surface area contributed by atoms with Crippen molar-refractivity contribution in [3.05, 3.63) is 56.7 Å². The molecule has 2 aromatic rings. The summed E-state index contributed by atoms with van der Waals surface area (Å²) in [5.74, 6) is -0.0493. The van der Waals surface area contributed by atoms with Crippen molar-refractivity contribution < 1.29 is 0 Å². The Hall–Kier alpha value is -1.11. The summed E-state index contributed by atoms with van der Waals surface area (Å²) in [6, 6.07) is 14.4. The van der Waals surface area contributed by atoms with Gasteiger partial charge in [-0.15, -0.1) is 11.3 Å². The number of benzene rings is 1. The molecular formula is C13H10BrNS. The molecule has 3 heteroatoms. The van der Waals surface area contributed by atoms with Crippen LogP contribution in [0.4, 0.5) is 0 Å². The Labute approximate surface area is 107 Å². The molecule has 1 aromatic carbocycles. The van der Waals surface area contributed by atoms with E-state index in [9.17, 15) is 5.26 Å². The molecule has 0 saturated carbocycles. The van der Waals surface area contributed by atoms with E-state index in [2.05, 4.69) is 28.1 Å². The van der Waals surface area contributed by atoms with Crippen molar-refractivity contribution in [1.29, 1.82) is 5.26 Å². The third kappa shape index (κ3) is 2.72. The Morgan fingerprint density at radius 1 is 1.25 bits per heavy atom. The van der Waals surface area contributed by atoms with Crippen molar-refractivity contribution >= 4 is 27.3 Å². The highest BCUT2D eigenvalue weighted by Crippen LogP contribution is 2.24. The summed E-state index contributed by atoms with van der Waals surface area (Å²) in [6.45, 7) is 0. The lowest BCUT2D eigenvalue weighted by Gasteiger charge is -2.07. The average Bonchev–Trinajstić information content (AvgIpc) is 2.80. The van der Waals surface area contributed by atoms with Gasteiger partial charge in [0.05, 0.1) is 12.0 Å². The number of nitriles is 1. The molecule has 0 saturated heterocycles. The quantitative estimate of drug-likeness (QED) is 0.824. The second kappa shape index (κ2) is 5.29. The first-order valence-electron chi connectivity index (χ1n) is 4.97. The Balaban J connectivity index is 2.17. The van der Waals surface area contributed by atoms with Gasteiger partial charge >= 0.3 is 0 Å². The van der Waals surface area contributed by atoms with Crippen LogP contribution in [-0.4, -0.2) is 0 Å². The summed E-state index contributed by atoms with van der Waals surface area (Å²) in [4.78, 5) is 1.26. The van der Waals surface area contributed by atoms with E-state index in [1.165, 1.54) is 4.88 Å². The molecule has 1 heterocycles. The van der Waals surface area contributed by atoms with E-state index in [0.717, 1.165) is 16.5 Å². The first-order chi connectivity index (χ1) is 7.79.